The van der Waals surface area contributed by atoms with Crippen molar-refractivity contribution in [1.82, 2.24) is 4.98 Å². The Balaban J connectivity index is 2.82. The normalized spacial score (nSPS) is 13.6. The zero-order chi connectivity index (χ0) is 12.3. The van der Waals surface area contributed by atoms with Crippen LogP contribution in [-0.4, -0.2) is 17.3 Å². The van der Waals surface area contributed by atoms with Crippen molar-refractivity contribution < 1.29 is 17.9 Å². The first-order chi connectivity index (χ1) is 7.34. The monoisotopic (exact) mass is 254 g/mol. The van der Waals surface area contributed by atoms with E-state index in [2.05, 4.69) is 9.72 Å². The lowest BCUT2D eigenvalue weighted by Gasteiger charge is -2.17. The summed E-state index contributed by atoms with van der Waals surface area (Å²) >= 11 is 5.70. The third-order valence-corrected chi connectivity index (χ3v) is 2.19. The van der Waals surface area contributed by atoms with Gasteiger partial charge in [-0.2, -0.15) is 13.2 Å². The minimum absolute atomic E-state index is 0.0381. The van der Waals surface area contributed by atoms with Gasteiger partial charge in [0.25, 0.3) is 0 Å². The van der Waals surface area contributed by atoms with Gasteiger partial charge in [-0.1, -0.05) is 11.6 Å². The maximum Gasteiger partial charge on any atom is 0.425 e. The molecule has 1 unspecified atom stereocenters. The van der Waals surface area contributed by atoms with E-state index in [1.165, 1.54) is 12.1 Å². The summed E-state index contributed by atoms with van der Waals surface area (Å²) < 4.78 is 41.2. The van der Waals surface area contributed by atoms with Gasteiger partial charge in [0.2, 0.25) is 5.88 Å². The van der Waals surface area contributed by atoms with E-state index < -0.39 is 12.3 Å². The number of halogens is 4. The summed E-state index contributed by atoms with van der Waals surface area (Å²) in [4.78, 5) is 3.77. The molecule has 0 aromatic carbocycles. The van der Waals surface area contributed by atoms with Gasteiger partial charge in [0.05, 0.1) is 10.7 Å². The summed E-state index contributed by atoms with van der Waals surface area (Å²) in [7, 11) is 0. The van der Waals surface area contributed by atoms with Crippen LogP contribution in [0.4, 0.5) is 13.2 Å². The van der Waals surface area contributed by atoms with Crippen LogP contribution in [0.1, 0.15) is 12.6 Å². The van der Waals surface area contributed by atoms with Crippen molar-refractivity contribution >= 4 is 11.6 Å². The van der Waals surface area contributed by atoms with E-state index >= 15 is 0 Å². The molecule has 90 valence electrons. The Kier molecular flexibility index (Phi) is 3.98. The maximum atomic E-state index is 12.2. The van der Waals surface area contributed by atoms with Crippen molar-refractivity contribution in [1.29, 1.82) is 0 Å². The van der Waals surface area contributed by atoms with E-state index in [0.717, 1.165) is 6.92 Å². The van der Waals surface area contributed by atoms with Crippen LogP contribution >= 0.6 is 11.6 Å². The second-order valence-electron chi connectivity index (χ2n) is 3.08. The second-order valence-corrected chi connectivity index (χ2v) is 3.49. The molecule has 0 amide bonds. The molecule has 0 aliphatic heterocycles. The maximum absolute atomic E-state index is 12.2. The van der Waals surface area contributed by atoms with Crippen LogP contribution in [0.3, 0.4) is 0 Å². The van der Waals surface area contributed by atoms with E-state index in [4.69, 9.17) is 17.3 Å². The van der Waals surface area contributed by atoms with E-state index in [0.29, 0.717) is 10.7 Å². The molecular formula is C9H10ClF3N2O. The zero-order valence-electron chi connectivity index (χ0n) is 8.38. The number of aromatic nitrogens is 1. The van der Waals surface area contributed by atoms with Gasteiger partial charge in [0.15, 0.2) is 6.10 Å². The number of hydrogen-bond donors (Lipinski definition) is 1. The van der Waals surface area contributed by atoms with Gasteiger partial charge < -0.3 is 10.5 Å². The van der Waals surface area contributed by atoms with Crippen LogP contribution in [0.25, 0.3) is 0 Å². The topological polar surface area (TPSA) is 48.1 Å². The quantitative estimate of drug-likeness (QED) is 0.902. The van der Waals surface area contributed by atoms with Gasteiger partial charge in [0, 0.05) is 12.6 Å². The van der Waals surface area contributed by atoms with Crippen molar-refractivity contribution in [2.45, 2.75) is 25.7 Å². The highest BCUT2D eigenvalue weighted by molar-refractivity contribution is 6.31. The first-order valence-electron chi connectivity index (χ1n) is 4.43. The lowest BCUT2D eigenvalue weighted by Crippen LogP contribution is -2.31. The van der Waals surface area contributed by atoms with Crippen molar-refractivity contribution in [3.63, 3.8) is 0 Å². The molecule has 1 heterocycles. The number of rotatable bonds is 3. The number of hydrogen-bond acceptors (Lipinski definition) is 3. The Morgan fingerprint density at radius 3 is 2.62 bits per heavy atom. The van der Waals surface area contributed by atoms with E-state index in [-0.39, 0.29) is 12.4 Å². The molecule has 2 N–H and O–H groups in total. The number of nitrogens with zero attached hydrogens (tertiary/aromatic N) is 1. The van der Waals surface area contributed by atoms with Crippen LogP contribution in [0, 0.1) is 0 Å². The third-order valence-electron chi connectivity index (χ3n) is 1.84. The summed E-state index contributed by atoms with van der Waals surface area (Å²) in [6.07, 6.45) is -6.35. The number of pyridine rings is 1. The molecule has 0 bridgehead atoms. The van der Waals surface area contributed by atoms with Crippen LogP contribution in [0.5, 0.6) is 5.88 Å². The molecule has 3 nitrogen and oxygen atoms in total. The Labute approximate surface area is 95.4 Å². The Bertz CT molecular complexity index is 370. The van der Waals surface area contributed by atoms with Crippen LogP contribution < -0.4 is 10.5 Å². The molecule has 0 saturated carbocycles. The first-order valence-corrected chi connectivity index (χ1v) is 4.81. The predicted molar refractivity (Wildman–Crippen MR) is 53.3 cm³/mol. The smallest absolute Gasteiger partial charge is 0.425 e. The van der Waals surface area contributed by atoms with E-state index in [1.54, 1.807) is 0 Å². The Morgan fingerprint density at radius 1 is 1.50 bits per heavy atom. The Hall–Kier alpha value is -1.01. The summed E-state index contributed by atoms with van der Waals surface area (Å²) in [6.45, 7) is 0.939. The van der Waals surface area contributed by atoms with Crippen molar-refractivity contribution in [2.24, 2.45) is 5.73 Å². The number of nitrogens with two attached hydrogens (primary N) is 1. The second kappa shape index (κ2) is 4.88. The average molecular weight is 255 g/mol. The van der Waals surface area contributed by atoms with Gasteiger partial charge in [-0.05, 0) is 13.0 Å². The molecule has 0 fully saturated rings. The SMILES string of the molecule is CC(Oc1ccc(Cl)c(CN)n1)C(F)(F)F. The van der Waals surface area contributed by atoms with Gasteiger partial charge in [-0.25, -0.2) is 4.98 Å². The lowest BCUT2D eigenvalue weighted by molar-refractivity contribution is -0.190. The van der Waals surface area contributed by atoms with Gasteiger partial charge in [0.1, 0.15) is 0 Å². The summed E-state index contributed by atoms with van der Waals surface area (Å²) in [5, 5.41) is 0.300. The number of alkyl halides is 3. The van der Waals surface area contributed by atoms with Crippen LogP contribution in [0.15, 0.2) is 12.1 Å². The molecule has 0 spiro atoms. The highest BCUT2D eigenvalue weighted by Crippen LogP contribution is 2.25. The van der Waals surface area contributed by atoms with E-state index in [1.807, 2.05) is 0 Å². The van der Waals surface area contributed by atoms with Crippen molar-refractivity contribution in [3.05, 3.63) is 22.8 Å². The number of ether oxygens (including phenoxy) is 1. The molecule has 0 saturated heterocycles. The minimum Gasteiger partial charge on any atom is -0.465 e. The summed E-state index contributed by atoms with van der Waals surface area (Å²) in [6, 6.07) is 2.67. The summed E-state index contributed by atoms with van der Waals surface area (Å²) in [5.74, 6) is -0.144. The zero-order valence-corrected chi connectivity index (χ0v) is 9.14. The standard InChI is InChI=1S/C9H10ClF3N2O/c1-5(9(11,12)13)16-8-3-2-6(10)7(4-14)15-8/h2-3,5H,4,14H2,1H3. The average Bonchev–Trinajstić information content (AvgIpc) is 2.19. The Morgan fingerprint density at radius 2 is 2.12 bits per heavy atom. The minimum atomic E-state index is -4.43. The molecule has 0 aliphatic rings. The fourth-order valence-corrected chi connectivity index (χ4v) is 1.10. The van der Waals surface area contributed by atoms with Crippen LogP contribution in [0.2, 0.25) is 5.02 Å². The molecule has 7 heteroatoms. The molecule has 0 aliphatic carbocycles. The van der Waals surface area contributed by atoms with E-state index in [9.17, 15) is 13.2 Å². The highest BCUT2D eigenvalue weighted by atomic mass is 35.5. The highest BCUT2D eigenvalue weighted by Gasteiger charge is 2.38. The molecular weight excluding hydrogens is 245 g/mol. The molecule has 1 aromatic heterocycles. The predicted octanol–water partition coefficient (Wildman–Crippen LogP) is 2.52. The van der Waals surface area contributed by atoms with Gasteiger partial charge in [-0.15, -0.1) is 0 Å². The third kappa shape index (κ3) is 3.24. The molecule has 1 atom stereocenters. The van der Waals surface area contributed by atoms with Crippen LogP contribution in [-0.2, 0) is 6.54 Å². The fourth-order valence-electron chi connectivity index (χ4n) is 0.921. The molecule has 1 rings (SSSR count). The van der Waals surface area contributed by atoms with Crippen molar-refractivity contribution in [2.75, 3.05) is 0 Å². The van der Waals surface area contributed by atoms with Gasteiger partial charge in [-0.3, -0.25) is 0 Å². The molecule has 0 radical (unpaired) electrons. The fraction of sp³-hybridized carbons (Fsp3) is 0.444. The lowest BCUT2D eigenvalue weighted by atomic mass is 10.3. The first kappa shape index (κ1) is 13.1. The summed E-state index contributed by atoms with van der Waals surface area (Å²) in [5.41, 5.74) is 5.61. The molecule has 16 heavy (non-hydrogen) atoms. The molecule has 1 aromatic rings. The van der Waals surface area contributed by atoms with Crippen molar-refractivity contribution in [3.8, 4) is 5.88 Å². The van der Waals surface area contributed by atoms with Gasteiger partial charge >= 0.3 is 6.18 Å². The largest absolute Gasteiger partial charge is 0.465 e.